The second-order valence-electron chi connectivity index (χ2n) is 2.32. The summed E-state index contributed by atoms with van der Waals surface area (Å²) in [4.78, 5) is 0. The zero-order chi connectivity index (χ0) is 9.68. The third kappa shape index (κ3) is 2.73. The fourth-order valence-corrected chi connectivity index (χ4v) is 1.62. The van der Waals surface area contributed by atoms with Gasteiger partial charge in [0.1, 0.15) is 11.5 Å². The minimum Gasteiger partial charge on any atom is -0.496 e. The van der Waals surface area contributed by atoms with E-state index < -0.39 is 0 Å². The Morgan fingerprint density at radius 1 is 1.23 bits per heavy atom. The van der Waals surface area contributed by atoms with E-state index in [2.05, 4.69) is 22.6 Å². The van der Waals surface area contributed by atoms with Crippen molar-refractivity contribution in [1.29, 1.82) is 0 Å². The van der Waals surface area contributed by atoms with Gasteiger partial charge in [-0.15, -0.1) is 0 Å². The molecule has 0 aromatic heterocycles. The van der Waals surface area contributed by atoms with Crippen LogP contribution in [-0.2, 0) is 4.74 Å². The van der Waals surface area contributed by atoms with Gasteiger partial charge < -0.3 is 14.2 Å². The summed E-state index contributed by atoms with van der Waals surface area (Å²) in [6.07, 6.45) is 0. The molecule has 0 saturated carbocycles. The van der Waals surface area contributed by atoms with Crippen LogP contribution in [-0.4, -0.2) is 21.0 Å². The maximum atomic E-state index is 5.32. The van der Waals surface area contributed by atoms with Crippen LogP contribution in [0.4, 0.5) is 0 Å². The number of benzene rings is 1. The molecule has 0 radical (unpaired) electrons. The number of hydrogen-bond acceptors (Lipinski definition) is 3. The lowest BCUT2D eigenvalue weighted by atomic mass is 10.3. The maximum absolute atomic E-state index is 5.32. The monoisotopic (exact) mass is 294 g/mol. The molecule has 0 aliphatic rings. The van der Waals surface area contributed by atoms with Crippen LogP contribution >= 0.6 is 22.6 Å². The van der Waals surface area contributed by atoms with Crippen molar-refractivity contribution in [2.24, 2.45) is 0 Å². The average Bonchev–Trinajstić information content (AvgIpc) is 2.16. The first-order valence-corrected chi connectivity index (χ1v) is 4.81. The van der Waals surface area contributed by atoms with Gasteiger partial charge in [-0.3, -0.25) is 0 Å². The molecular weight excluding hydrogens is 283 g/mol. The summed E-state index contributed by atoms with van der Waals surface area (Å²) in [5.74, 6) is 1.59. The van der Waals surface area contributed by atoms with Crippen LogP contribution in [0.3, 0.4) is 0 Å². The van der Waals surface area contributed by atoms with Crippen LogP contribution in [0.15, 0.2) is 18.2 Å². The molecule has 1 rings (SSSR count). The summed E-state index contributed by atoms with van der Waals surface area (Å²) in [5, 5.41) is 0. The van der Waals surface area contributed by atoms with E-state index in [1.165, 1.54) is 0 Å². The molecule has 4 heteroatoms. The summed E-state index contributed by atoms with van der Waals surface area (Å²) >= 11 is 2.18. The lowest BCUT2D eigenvalue weighted by Gasteiger charge is -2.09. The SMILES string of the molecule is COCOc1cccc(OC)c1I. The molecule has 0 spiro atoms. The van der Waals surface area contributed by atoms with E-state index in [4.69, 9.17) is 14.2 Å². The number of halogens is 1. The third-order valence-electron chi connectivity index (χ3n) is 1.48. The minimum absolute atomic E-state index is 0.253. The third-order valence-corrected chi connectivity index (χ3v) is 2.54. The lowest BCUT2D eigenvalue weighted by Crippen LogP contribution is -2.01. The highest BCUT2D eigenvalue weighted by Gasteiger charge is 2.05. The summed E-state index contributed by atoms with van der Waals surface area (Å²) < 4.78 is 16.2. The molecule has 72 valence electrons. The lowest BCUT2D eigenvalue weighted by molar-refractivity contribution is 0.0503. The van der Waals surface area contributed by atoms with Crippen molar-refractivity contribution < 1.29 is 14.2 Å². The molecular formula is C9H11IO3. The Hall–Kier alpha value is -0.490. The second kappa shape index (κ2) is 5.29. The molecule has 0 heterocycles. The smallest absolute Gasteiger partial charge is 0.188 e. The van der Waals surface area contributed by atoms with Crippen molar-refractivity contribution in [3.63, 3.8) is 0 Å². The molecule has 0 amide bonds. The molecule has 13 heavy (non-hydrogen) atoms. The topological polar surface area (TPSA) is 27.7 Å². The van der Waals surface area contributed by atoms with Gasteiger partial charge in [-0.05, 0) is 34.7 Å². The zero-order valence-corrected chi connectivity index (χ0v) is 9.70. The summed E-state index contributed by atoms with van der Waals surface area (Å²) in [5.41, 5.74) is 0. The fraction of sp³-hybridized carbons (Fsp3) is 0.333. The van der Waals surface area contributed by atoms with Crippen LogP contribution in [0, 0.1) is 3.57 Å². The maximum Gasteiger partial charge on any atom is 0.188 e. The minimum atomic E-state index is 0.253. The molecule has 3 nitrogen and oxygen atoms in total. The van der Waals surface area contributed by atoms with Crippen molar-refractivity contribution in [1.82, 2.24) is 0 Å². The quantitative estimate of drug-likeness (QED) is 0.630. The van der Waals surface area contributed by atoms with Crippen molar-refractivity contribution >= 4 is 22.6 Å². The first kappa shape index (κ1) is 10.6. The van der Waals surface area contributed by atoms with Gasteiger partial charge >= 0.3 is 0 Å². The number of methoxy groups -OCH3 is 2. The van der Waals surface area contributed by atoms with Gasteiger partial charge in [0.25, 0.3) is 0 Å². The van der Waals surface area contributed by atoms with Gasteiger partial charge in [0.05, 0.1) is 10.7 Å². The highest BCUT2D eigenvalue weighted by atomic mass is 127. The zero-order valence-electron chi connectivity index (χ0n) is 7.54. The molecule has 0 saturated heterocycles. The Kier molecular flexibility index (Phi) is 4.31. The summed E-state index contributed by atoms with van der Waals surface area (Å²) in [6.45, 7) is 0.253. The van der Waals surface area contributed by atoms with E-state index >= 15 is 0 Å². The standard InChI is InChI=1S/C9H11IO3/c1-11-6-13-8-5-3-4-7(12-2)9(8)10/h3-5H,6H2,1-2H3. The Morgan fingerprint density at radius 3 is 2.54 bits per heavy atom. The normalized spacial score (nSPS) is 9.77. The predicted molar refractivity (Wildman–Crippen MR) is 58.2 cm³/mol. The van der Waals surface area contributed by atoms with Crippen LogP contribution in [0.25, 0.3) is 0 Å². The van der Waals surface area contributed by atoms with Gasteiger partial charge in [0.2, 0.25) is 0 Å². The van der Waals surface area contributed by atoms with Crippen molar-refractivity contribution in [2.75, 3.05) is 21.0 Å². The molecule has 1 aromatic rings. The van der Waals surface area contributed by atoms with E-state index in [1.807, 2.05) is 18.2 Å². The van der Waals surface area contributed by atoms with E-state index in [0.717, 1.165) is 15.1 Å². The van der Waals surface area contributed by atoms with E-state index in [1.54, 1.807) is 14.2 Å². The Morgan fingerprint density at radius 2 is 1.92 bits per heavy atom. The van der Waals surface area contributed by atoms with E-state index in [0.29, 0.717) is 0 Å². The van der Waals surface area contributed by atoms with Crippen molar-refractivity contribution in [3.8, 4) is 11.5 Å². The first-order chi connectivity index (χ1) is 6.29. The van der Waals surface area contributed by atoms with E-state index in [9.17, 15) is 0 Å². The number of rotatable bonds is 4. The summed E-state index contributed by atoms with van der Waals surface area (Å²) in [7, 11) is 3.23. The molecule has 1 aromatic carbocycles. The van der Waals surface area contributed by atoms with Crippen molar-refractivity contribution in [3.05, 3.63) is 21.8 Å². The van der Waals surface area contributed by atoms with E-state index in [-0.39, 0.29) is 6.79 Å². The molecule has 0 bridgehead atoms. The first-order valence-electron chi connectivity index (χ1n) is 3.74. The fourth-order valence-electron chi connectivity index (χ4n) is 0.882. The highest BCUT2D eigenvalue weighted by Crippen LogP contribution is 2.29. The molecule has 0 fully saturated rings. The van der Waals surface area contributed by atoms with Crippen LogP contribution in [0.2, 0.25) is 0 Å². The Balaban J connectivity index is 2.81. The molecule has 0 N–H and O–H groups in total. The summed E-state index contributed by atoms with van der Waals surface area (Å²) in [6, 6.07) is 5.65. The molecule has 0 aliphatic heterocycles. The van der Waals surface area contributed by atoms with Gasteiger partial charge in [-0.1, -0.05) is 6.07 Å². The van der Waals surface area contributed by atoms with Crippen LogP contribution < -0.4 is 9.47 Å². The molecule has 0 aliphatic carbocycles. The number of hydrogen-bond donors (Lipinski definition) is 0. The van der Waals surface area contributed by atoms with Gasteiger partial charge in [0, 0.05) is 7.11 Å². The molecule has 0 atom stereocenters. The van der Waals surface area contributed by atoms with Crippen LogP contribution in [0.1, 0.15) is 0 Å². The Bertz CT molecular complexity index is 276. The predicted octanol–water partition coefficient (Wildman–Crippen LogP) is 2.28. The number of ether oxygens (including phenoxy) is 3. The second-order valence-corrected chi connectivity index (χ2v) is 3.40. The van der Waals surface area contributed by atoms with Gasteiger partial charge in [-0.2, -0.15) is 0 Å². The average molecular weight is 294 g/mol. The largest absolute Gasteiger partial charge is 0.496 e. The van der Waals surface area contributed by atoms with Crippen LogP contribution in [0.5, 0.6) is 11.5 Å². The highest BCUT2D eigenvalue weighted by molar-refractivity contribution is 14.1. The van der Waals surface area contributed by atoms with Gasteiger partial charge in [0.15, 0.2) is 6.79 Å². The molecule has 0 unspecified atom stereocenters. The van der Waals surface area contributed by atoms with Gasteiger partial charge in [-0.25, -0.2) is 0 Å². The van der Waals surface area contributed by atoms with Crippen molar-refractivity contribution in [2.45, 2.75) is 0 Å². The Labute approximate surface area is 91.1 Å².